The third-order valence-electron chi connectivity index (χ3n) is 17.0. The first-order valence-electron chi connectivity index (χ1n) is 33.8. The van der Waals surface area contributed by atoms with Crippen LogP contribution in [0.15, 0.2) is 89.9 Å². The number of rotatable bonds is 46. The van der Waals surface area contributed by atoms with E-state index in [1.165, 1.54) is 29.2 Å². The third-order valence-corrected chi connectivity index (χ3v) is 17.0. The molecule has 3 aromatic rings. The van der Waals surface area contributed by atoms with Crippen molar-refractivity contribution in [3.8, 4) is 5.75 Å². The van der Waals surface area contributed by atoms with Crippen LogP contribution in [0, 0.1) is 5.92 Å². The molecular formula is C68H97N15O20. The molecule has 0 radical (unpaired) electrons. The summed E-state index contributed by atoms with van der Waals surface area (Å²) in [5.41, 5.74) is 23.9. The van der Waals surface area contributed by atoms with Crippen molar-refractivity contribution in [3.05, 3.63) is 102 Å². The molecule has 0 unspecified atom stereocenters. The number of aromatic hydroxyl groups is 1. The smallest absolute Gasteiger partial charge is 0.326 e. The van der Waals surface area contributed by atoms with Crippen molar-refractivity contribution in [2.45, 2.75) is 189 Å². The molecule has 10 amide bonds. The first-order chi connectivity index (χ1) is 48.9. The molecule has 0 spiro atoms. The SMILES string of the molecule is CC[C@H](C)[C@H](NC(=O)[C@H](CCC(=O)O)NC(=O)[C@H](Cc1ccccc1)NC(=O)[C@H](CCCN=C(N)N)NC(=O)[C@H](CCC(=O)O)NC(=O)[C@H](Cc1ccccc1)NC(=O)[C@@H](N)CO)C(=O)N[C@@H](Cc1ccc(O)cc1)C(=O)N1CCC[C@H]1C(=O)N[C@@H](CCCCN)C(=O)N[C@@H](CCC(=O)O)C(=O)O. The molecule has 1 fully saturated rings. The molecule has 0 bridgehead atoms. The maximum absolute atomic E-state index is 15.0. The third kappa shape index (κ3) is 29.7. The number of nitrogens with one attached hydrogen (secondary N) is 9. The van der Waals surface area contributed by atoms with Crippen molar-refractivity contribution in [2.75, 3.05) is 26.2 Å². The van der Waals surface area contributed by atoms with Crippen LogP contribution < -0.4 is 70.8 Å². The molecule has 1 aliphatic rings. The van der Waals surface area contributed by atoms with Crippen LogP contribution in [0.2, 0.25) is 0 Å². The average Bonchev–Trinajstić information content (AvgIpc) is 1.75. The number of phenolic OH excluding ortho intramolecular Hbond substituents is 1. The Labute approximate surface area is 594 Å². The van der Waals surface area contributed by atoms with E-state index in [1.54, 1.807) is 74.5 Å². The molecule has 1 aliphatic heterocycles. The molecule has 0 saturated carbocycles. The van der Waals surface area contributed by atoms with Crippen LogP contribution in [0.25, 0.3) is 0 Å². The number of aliphatic hydroxyl groups excluding tert-OH is 1. The summed E-state index contributed by atoms with van der Waals surface area (Å²) in [5, 5.41) is 81.1. The van der Waals surface area contributed by atoms with E-state index in [4.69, 9.17) is 22.9 Å². The summed E-state index contributed by atoms with van der Waals surface area (Å²) in [6.07, 6.45) is -3.51. The molecule has 0 aromatic heterocycles. The zero-order valence-corrected chi connectivity index (χ0v) is 57.5. The summed E-state index contributed by atoms with van der Waals surface area (Å²) < 4.78 is 0. The van der Waals surface area contributed by atoms with Gasteiger partial charge in [0.2, 0.25) is 59.1 Å². The van der Waals surface area contributed by atoms with Crippen LogP contribution in [0.3, 0.4) is 0 Å². The molecule has 35 nitrogen and oxygen atoms in total. The minimum absolute atomic E-state index is 0.0176. The van der Waals surface area contributed by atoms with Gasteiger partial charge in [-0.25, -0.2) is 4.79 Å². The van der Waals surface area contributed by atoms with Gasteiger partial charge in [-0.1, -0.05) is 93.1 Å². The van der Waals surface area contributed by atoms with Crippen LogP contribution >= 0.6 is 0 Å². The monoisotopic (exact) mass is 1440 g/mol. The van der Waals surface area contributed by atoms with E-state index in [2.05, 4.69) is 52.8 Å². The zero-order valence-electron chi connectivity index (χ0n) is 57.5. The van der Waals surface area contributed by atoms with Crippen molar-refractivity contribution >= 4 is 88.9 Å². The van der Waals surface area contributed by atoms with Gasteiger partial charge >= 0.3 is 23.9 Å². The number of carboxylic acid groups (broad SMARTS) is 4. The maximum Gasteiger partial charge on any atom is 0.326 e. The molecular weight excluding hydrogens is 1350 g/mol. The number of aliphatic hydroxyl groups is 1. The van der Waals surface area contributed by atoms with Gasteiger partial charge in [-0.15, -0.1) is 0 Å². The van der Waals surface area contributed by atoms with Crippen LogP contribution in [-0.4, -0.2) is 217 Å². The predicted octanol–water partition coefficient (Wildman–Crippen LogP) is -3.00. The Balaban J connectivity index is 1.69. The number of carbonyl (C=O) groups excluding carboxylic acids is 10. The lowest BCUT2D eigenvalue weighted by Crippen LogP contribution is -2.61. The Morgan fingerprint density at radius 2 is 0.913 bits per heavy atom. The number of carbonyl (C=O) groups is 14. The lowest BCUT2D eigenvalue weighted by Gasteiger charge is -2.32. The lowest BCUT2D eigenvalue weighted by atomic mass is 9.96. The van der Waals surface area contributed by atoms with E-state index in [0.29, 0.717) is 29.5 Å². The number of nitrogens with two attached hydrogens (primary N) is 4. The molecule has 12 atom stereocenters. The molecule has 1 saturated heterocycles. The summed E-state index contributed by atoms with van der Waals surface area (Å²) in [4.78, 5) is 196. The second-order valence-corrected chi connectivity index (χ2v) is 25.0. The quantitative estimate of drug-likeness (QED) is 0.0152. The number of benzene rings is 3. The molecule has 35 heteroatoms. The van der Waals surface area contributed by atoms with Gasteiger partial charge in [-0.2, -0.15) is 0 Å². The van der Waals surface area contributed by atoms with E-state index in [-0.39, 0.29) is 89.1 Å². The number of likely N-dealkylation sites (tertiary alicyclic amines) is 1. The molecule has 103 heavy (non-hydrogen) atoms. The van der Waals surface area contributed by atoms with Crippen LogP contribution in [-0.2, 0) is 86.4 Å². The van der Waals surface area contributed by atoms with Gasteiger partial charge in [0.25, 0.3) is 0 Å². The minimum Gasteiger partial charge on any atom is -0.508 e. The number of aliphatic imine (C=N–C) groups is 1. The second kappa shape index (κ2) is 43.8. The molecule has 0 aliphatic carbocycles. The topological polar surface area (TPSA) is 588 Å². The van der Waals surface area contributed by atoms with Crippen LogP contribution in [0.1, 0.15) is 120 Å². The van der Waals surface area contributed by atoms with Gasteiger partial charge in [0.1, 0.15) is 72.2 Å². The standard InChI is InChI=1S/C68H97N15O20/c1-3-38(2)56(65(100)81-51(36-41-21-23-42(85)24-22-41)66(101)83-33-13-20-52(83)64(99)77-44(18-10-11-31-69)58(93)78-48(67(102)103)27-30-55(90)91)82-61(96)47(26-29-54(88)89)76-63(98)50(35-40-16-8-5-9-17-40)80-59(94)45(19-12-32-73-68(71)72)74-60(95)46(25-28-53(86)87)75-62(97)49(79-57(92)43(70)37-84)34-39-14-6-4-7-15-39/h4-9,14-17,21-24,38,43-52,56,84-85H,3,10-13,18-20,25-37,69-70H2,1-2H3,(H,74,95)(H,75,97)(H,76,98)(H,77,99)(H,78,93)(H,79,92)(H,80,94)(H,81,100)(H,82,96)(H,86,87)(H,88,89)(H,90,91)(H,102,103)(H4,71,72,73)/t38-,43-,44-,45-,46-,47-,48-,49-,50-,51-,52-,56-/m0/s1. The molecule has 23 N–H and O–H groups in total. The average molecular weight is 1440 g/mol. The fourth-order valence-electron chi connectivity index (χ4n) is 11.0. The Morgan fingerprint density at radius 1 is 0.505 bits per heavy atom. The van der Waals surface area contributed by atoms with E-state index in [0.717, 1.165) is 0 Å². The maximum atomic E-state index is 15.0. The number of phenols is 1. The Kier molecular flexibility index (Phi) is 35.9. The summed E-state index contributed by atoms with van der Waals surface area (Å²) >= 11 is 0. The van der Waals surface area contributed by atoms with E-state index in [1.807, 2.05) is 0 Å². The number of hydrogen-bond acceptors (Lipinski definition) is 19. The van der Waals surface area contributed by atoms with Gasteiger partial charge in [0.15, 0.2) is 5.96 Å². The summed E-state index contributed by atoms with van der Waals surface area (Å²) in [7, 11) is 0. The summed E-state index contributed by atoms with van der Waals surface area (Å²) in [6, 6.07) is 5.02. The van der Waals surface area contributed by atoms with Crippen LogP contribution in [0.5, 0.6) is 5.75 Å². The van der Waals surface area contributed by atoms with E-state index in [9.17, 15) is 97.8 Å². The first-order valence-corrected chi connectivity index (χ1v) is 33.8. The fourth-order valence-corrected chi connectivity index (χ4v) is 11.0. The highest BCUT2D eigenvalue weighted by molar-refractivity contribution is 5.99. The zero-order chi connectivity index (χ0) is 76.3. The highest BCUT2D eigenvalue weighted by Gasteiger charge is 2.42. The van der Waals surface area contributed by atoms with E-state index >= 15 is 0 Å². The normalized spacial score (nSPS) is 15.7. The van der Waals surface area contributed by atoms with Gasteiger partial charge in [0, 0.05) is 51.6 Å². The van der Waals surface area contributed by atoms with Gasteiger partial charge in [-0.05, 0) is 105 Å². The number of carboxylic acids is 4. The number of nitrogens with zero attached hydrogens (tertiary/aromatic N) is 2. The largest absolute Gasteiger partial charge is 0.508 e. The molecule has 564 valence electrons. The van der Waals surface area contributed by atoms with Crippen molar-refractivity contribution in [1.29, 1.82) is 0 Å². The first kappa shape index (κ1) is 84.6. The number of unbranched alkanes of at least 4 members (excludes halogenated alkanes) is 1. The van der Waals surface area contributed by atoms with Crippen molar-refractivity contribution in [1.82, 2.24) is 52.8 Å². The molecule has 1 heterocycles. The van der Waals surface area contributed by atoms with Crippen molar-refractivity contribution < 1.29 is 97.8 Å². The molecule has 4 rings (SSSR count). The molecule has 3 aromatic carbocycles. The van der Waals surface area contributed by atoms with E-state index < -0.39 is 200 Å². The fraction of sp³-hybridized carbons (Fsp3) is 0.515. The second-order valence-electron chi connectivity index (χ2n) is 25.0. The Hall–Kier alpha value is -10.8. The highest BCUT2D eigenvalue weighted by Crippen LogP contribution is 2.23. The number of amides is 10. The number of guanidine groups is 1. The van der Waals surface area contributed by atoms with Gasteiger partial charge in [-0.3, -0.25) is 67.3 Å². The summed E-state index contributed by atoms with van der Waals surface area (Å²) in [6.45, 7) is 2.54. The van der Waals surface area contributed by atoms with Crippen molar-refractivity contribution in [2.24, 2.45) is 33.8 Å². The predicted molar refractivity (Wildman–Crippen MR) is 370 cm³/mol. The Morgan fingerprint density at radius 3 is 1.38 bits per heavy atom. The summed E-state index contributed by atoms with van der Waals surface area (Å²) in [5.74, 6) is -16.6. The van der Waals surface area contributed by atoms with Crippen LogP contribution in [0.4, 0.5) is 0 Å². The van der Waals surface area contributed by atoms with Gasteiger partial charge < -0.3 is 106 Å². The number of aliphatic carboxylic acids is 4. The highest BCUT2D eigenvalue weighted by atomic mass is 16.4. The lowest BCUT2D eigenvalue weighted by molar-refractivity contribution is -0.144. The number of hydrogen-bond donors (Lipinski definition) is 19. The Bertz CT molecular complexity index is 3400. The van der Waals surface area contributed by atoms with Crippen molar-refractivity contribution in [3.63, 3.8) is 0 Å². The van der Waals surface area contributed by atoms with Gasteiger partial charge in [0.05, 0.1) is 6.61 Å². The minimum atomic E-state index is -1.78.